The third kappa shape index (κ3) is 2.30. The van der Waals surface area contributed by atoms with E-state index in [1.54, 1.807) is 0 Å². The minimum atomic E-state index is 0.694. The van der Waals surface area contributed by atoms with Crippen LogP contribution in [0.4, 0.5) is 5.69 Å². The number of para-hydroxylation sites is 1. The highest BCUT2D eigenvalue weighted by molar-refractivity contribution is 6.30. The molecule has 1 aliphatic carbocycles. The lowest BCUT2D eigenvalue weighted by Crippen LogP contribution is -2.01. The van der Waals surface area contributed by atoms with Crippen molar-refractivity contribution in [3.8, 4) is 11.3 Å². The molecule has 4 rings (SSSR count). The van der Waals surface area contributed by atoms with Gasteiger partial charge in [-0.05, 0) is 29.8 Å². The lowest BCUT2D eigenvalue weighted by Gasteiger charge is -2.04. The van der Waals surface area contributed by atoms with Crippen molar-refractivity contribution in [2.75, 3.05) is 5.32 Å². The maximum atomic E-state index is 6.04. The van der Waals surface area contributed by atoms with E-state index in [0.717, 1.165) is 28.6 Å². The van der Waals surface area contributed by atoms with Crippen LogP contribution in [0.5, 0.6) is 0 Å². The third-order valence-electron chi connectivity index (χ3n) is 3.75. The summed E-state index contributed by atoms with van der Waals surface area (Å²) in [5.74, 6) is 0.962. The average molecular weight is 296 g/mol. The van der Waals surface area contributed by atoms with Crippen LogP contribution >= 0.6 is 11.6 Å². The molecule has 1 aliphatic rings. The van der Waals surface area contributed by atoms with Gasteiger partial charge in [-0.1, -0.05) is 35.9 Å². The zero-order valence-corrected chi connectivity index (χ0v) is 12.1. The van der Waals surface area contributed by atoms with E-state index in [9.17, 15) is 0 Å². The second-order valence-electron chi connectivity index (χ2n) is 5.21. The number of anilines is 1. The maximum Gasteiger partial charge on any atom is 0.126 e. The van der Waals surface area contributed by atoms with Crippen LogP contribution < -0.4 is 5.32 Å². The number of rotatable bonds is 3. The molecular weight excluding hydrogens is 282 g/mol. The summed E-state index contributed by atoms with van der Waals surface area (Å²) in [4.78, 5) is 8.13. The van der Waals surface area contributed by atoms with E-state index in [-0.39, 0.29) is 0 Å². The summed E-state index contributed by atoms with van der Waals surface area (Å²) < 4.78 is 0. The highest BCUT2D eigenvalue weighted by Gasteiger charge is 2.22. The van der Waals surface area contributed by atoms with Crippen molar-refractivity contribution < 1.29 is 0 Å². The summed E-state index contributed by atoms with van der Waals surface area (Å²) in [6, 6.07) is 16.1. The van der Waals surface area contributed by atoms with E-state index < -0.39 is 0 Å². The minimum Gasteiger partial charge on any atom is -0.378 e. The average Bonchev–Trinajstić information content (AvgIpc) is 3.02. The van der Waals surface area contributed by atoms with Crippen LogP contribution in [-0.4, -0.2) is 9.97 Å². The minimum absolute atomic E-state index is 0.694. The first kappa shape index (κ1) is 12.5. The summed E-state index contributed by atoms with van der Waals surface area (Å²) in [6.07, 6.45) is 0.879. The predicted octanol–water partition coefficient (Wildman–Crippen LogP) is 4.25. The van der Waals surface area contributed by atoms with Crippen molar-refractivity contribution in [3.05, 3.63) is 70.6 Å². The van der Waals surface area contributed by atoms with Gasteiger partial charge in [0.1, 0.15) is 5.82 Å². The predicted molar refractivity (Wildman–Crippen MR) is 85.6 cm³/mol. The monoisotopic (exact) mass is 295 g/mol. The SMILES string of the molecule is Clc1ccc2c(c1)Cc1[nH]c(CNc3ccccc3)nc1-2. The molecule has 2 N–H and O–H groups in total. The Morgan fingerprint density at radius 3 is 2.86 bits per heavy atom. The Bertz CT molecular complexity index is 793. The van der Waals surface area contributed by atoms with Gasteiger partial charge >= 0.3 is 0 Å². The lowest BCUT2D eigenvalue weighted by molar-refractivity contribution is 0.977. The normalized spacial score (nSPS) is 12.0. The van der Waals surface area contributed by atoms with Crippen LogP contribution in [0.2, 0.25) is 5.02 Å². The molecular formula is C17H14ClN3. The zero-order valence-electron chi connectivity index (χ0n) is 11.4. The Morgan fingerprint density at radius 2 is 2.00 bits per heavy atom. The van der Waals surface area contributed by atoms with Gasteiger partial charge in [0, 0.05) is 28.4 Å². The molecule has 1 aromatic heterocycles. The first-order valence-corrected chi connectivity index (χ1v) is 7.33. The molecule has 21 heavy (non-hydrogen) atoms. The number of aromatic amines is 1. The molecule has 3 nitrogen and oxygen atoms in total. The summed E-state index contributed by atoms with van der Waals surface area (Å²) >= 11 is 6.04. The van der Waals surface area contributed by atoms with E-state index in [2.05, 4.69) is 16.4 Å². The van der Waals surface area contributed by atoms with Crippen LogP contribution in [0, 0.1) is 0 Å². The fraction of sp³-hybridized carbons (Fsp3) is 0.118. The van der Waals surface area contributed by atoms with E-state index in [1.165, 1.54) is 16.8 Å². The zero-order chi connectivity index (χ0) is 14.2. The Labute approximate surface area is 128 Å². The molecule has 0 unspecified atom stereocenters. The smallest absolute Gasteiger partial charge is 0.126 e. The highest BCUT2D eigenvalue weighted by Crippen LogP contribution is 2.36. The van der Waals surface area contributed by atoms with Gasteiger partial charge in [-0.25, -0.2) is 4.98 Å². The molecule has 3 aromatic rings. The molecule has 2 aromatic carbocycles. The van der Waals surface area contributed by atoms with Gasteiger partial charge < -0.3 is 10.3 Å². The molecule has 4 heteroatoms. The molecule has 1 heterocycles. The van der Waals surface area contributed by atoms with Crippen molar-refractivity contribution in [2.24, 2.45) is 0 Å². The molecule has 0 radical (unpaired) electrons. The first-order valence-electron chi connectivity index (χ1n) is 6.95. The number of H-pyrrole nitrogens is 1. The number of aromatic nitrogens is 2. The topological polar surface area (TPSA) is 40.7 Å². The second-order valence-corrected chi connectivity index (χ2v) is 5.64. The van der Waals surface area contributed by atoms with Gasteiger partial charge in [-0.2, -0.15) is 0 Å². The second kappa shape index (κ2) is 4.93. The van der Waals surface area contributed by atoms with E-state index in [4.69, 9.17) is 16.6 Å². The summed E-state index contributed by atoms with van der Waals surface area (Å²) in [6.45, 7) is 0.694. The number of nitrogens with one attached hydrogen (secondary N) is 2. The Hall–Kier alpha value is -2.26. The molecule has 0 aliphatic heterocycles. The first-order chi connectivity index (χ1) is 10.3. The summed E-state index contributed by atoms with van der Waals surface area (Å²) in [5, 5.41) is 4.15. The van der Waals surface area contributed by atoms with E-state index in [0.29, 0.717) is 6.54 Å². The van der Waals surface area contributed by atoms with Crippen LogP contribution in [-0.2, 0) is 13.0 Å². The number of hydrogen-bond donors (Lipinski definition) is 2. The van der Waals surface area contributed by atoms with Gasteiger partial charge in [0.15, 0.2) is 0 Å². The van der Waals surface area contributed by atoms with E-state index in [1.807, 2.05) is 42.5 Å². The molecule has 0 spiro atoms. The van der Waals surface area contributed by atoms with Gasteiger partial charge in [0.2, 0.25) is 0 Å². The van der Waals surface area contributed by atoms with Crippen LogP contribution in [0.15, 0.2) is 48.5 Å². The fourth-order valence-electron chi connectivity index (χ4n) is 2.77. The maximum absolute atomic E-state index is 6.04. The lowest BCUT2D eigenvalue weighted by atomic mass is 10.1. The molecule has 104 valence electrons. The van der Waals surface area contributed by atoms with Crippen molar-refractivity contribution in [3.63, 3.8) is 0 Å². The molecule has 0 saturated carbocycles. The molecule has 0 fully saturated rings. The van der Waals surface area contributed by atoms with Gasteiger partial charge in [-0.3, -0.25) is 0 Å². The number of benzene rings is 2. The molecule has 0 amide bonds. The van der Waals surface area contributed by atoms with Crippen molar-refractivity contribution in [1.29, 1.82) is 0 Å². The van der Waals surface area contributed by atoms with Crippen LogP contribution in [0.1, 0.15) is 17.1 Å². The van der Waals surface area contributed by atoms with Gasteiger partial charge in [0.05, 0.1) is 12.2 Å². The number of fused-ring (bicyclic) bond motifs is 3. The largest absolute Gasteiger partial charge is 0.378 e. The Kier molecular flexibility index (Phi) is 2.93. The Morgan fingerprint density at radius 1 is 1.14 bits per heavy atom. The molecule has 0 saturated heterocycles. The number of imidazole rings is 1. The van der Waals surface area contributed by atoms with Crippen LogP contribution in [0.3, 0.4) is 0 Å². The number of halogens is 1. The van der Waals surface area contributed by atoms with Crippen molar-refractivity contribution in [1.82, 2.24) is 9.97 Å². The summed E-state index contributed by atoms with van der Waals surface area (Å²) in [5.41, 5.74) is 5.78. The van der Waals surface area contributed by atoms with Crippen LogP contribution in [0.25, 0.3) is 11.3 Å². The van der Waals surface area contributed by atoms with Crippen molar-refractivity contribution >= 4 is 17.3 Å². The quantitative estimate of drug-likeness (QED) is 0.593. The molecule has 0 bridgehead atoms. The fourth-order valence-corrected chi connectivity index (χ4v) is 2.96. The van der Waals surface area contributed by atoms with Crippen molar-refractivity contribution in [2.45, 2.75) is 13.0 Å². The number of hydrogen-bond acceptors (Lipinski definition) is 2. The highest BCUT2D eigenvalue weighted by atomic mass is 35.5. The standard InChI is InChI=1S/C17H14ClN3/c18-12-6-7-14-11(8-12)9-15-17(14)21-16(20-15)10-19-13-4-2-1-3-5-13/h1-8,19H,9-10H2,(H,20,21). The molecule has 0 atom stereocenters. The van der Waals surface area contributed by atoms with Gasteiger partial charge in [-0.15, -0.1) is 0 Å². The summed E-state index contributed by atoms with van der Waals surface area (Å²) in [7, 11) is 0. The third-order valence-corrected chi connectivity index (χ3v) is 3.99. The number of nitrogens with zero attached hydrogens (tertiary/aromatic N) is 1. The van der Waals surface area contributed by atoms with E-state index >= 15 is 0 Å². The van der Waals surface area contributed by atoms with Gasteiger partial charge in [0.25, 0.3) is 0 Å². The Balaban J connectivity index is 1.56.